The molecule has 6 nitrogen and oxygen atoms in total. The first kappa shape index (κ1) is 17.7. The highest BCUT2D eigenvalue weighted by molar-refractivity contribution is 7.99. The van der Waals surface area contributed by atoms with Gasteiger partial charge in [-0.25, -0.2) is 4.39 Å². The Morgan fingerprint density at radius 1 is 1.32 bits per heavy atom. The van der Waals surface area contributed by atoms with E-state index in [-0.39, 0.29) is 18.3 Å². The van der Waals surface area contributed by atoms with Gasteiger partial charge in [-0.05, 0) is 37.1 Å². The number of thioether (sulfide) groups is 1. The predicted molar refractivity (Wildman–Crippen MR) is 92.9 cm³/mol. The highest BCUT2D eigenvalue weighted by Gasteiger charge is 2.18. The number of amides is 1. The zero-order valence-electron chi connectivity index (χ0n) is 14.1. The molecule has 1 aliphatic carbocycles. The van der Waals surface area contributed by atoms with Crippen molar-refractivity contribution in [1.29, 1.82) is 0 Å². The van der Waals surface area contributed by atoms with E-state index in [2.05, 4.69) is 15.5 Å². The van der Waals surface area contributed by atoms with Crippen molar-refractivity contribution in [1.82, 2.24) is 20.1 Å². The van der Waals surface area contributed by atoms with Crippen molar-refractivity contribution in [3.05, 3.63) is 35.9 Å². The van der Waals surface area contributed by atoms with Crippen LogP contribution in [0, 0.1) is 5.82 Å². The lowest BCUT2D eigenvalue weighted by Crippen LogP contribution is -2.33. The van der Waals surface area contributed by atoms with Gasteiger partial charge in [0.05, 0.1) is 5.75 Å². The largest absolute Gasteiger partial charge is 0.486 e. The Labute approximate surface area is 150 Å². The molecule has 1 saturated carbocycles. The number of hydrogen-bond donors (Lipinski definition) is 1. The average molecular weight is 364 g/mol. The van der Waals surface area contributed by atoms with E-state index >= 15 is 0 Å². The zero-order valence-corrected chi connectivity index (χ0v) is 14.9. The second kappa shape index (κ2) is 8.33. The Hall–Kier alpha value is -2.09. The first-order chi connectivity index (χ1) is 12.1. The quantitative estimate of drug-likeness (QED) is 0.765. The van der Waals surface area contributed by atoms with E-state index in [1.807, 2.05) is 7.05 Å². The van der Waals surface area contributed by atoms with Gasteiger partial charge in [-0.2, -0.15) is 0 Å². The van der Waals surface area contributed by atoms with Crippen molar-refractivity contribution < 1.29 is 13.9 Å². The van der Waals surface area contributed by atoms with Crippen LogP contribution in [-0.4, -0.2) is 32.5 Å². The molecule has 0 aliphatic heterocycles. The lowest BCUT2D eigenvalue weighted by atomic mass is 10.2. The number of ether oxygens (including phenoxy) is 1. The number of rotatable bonds is 7. The Balaban J connectivity index is 1.48. The fourth-order valence-corrected chi connectivity index (χ4v) is 3.49. The molecular weight excluding hydrogens is 343 g/mol. The SMILES string of the molecule is Cn1c(COc2ccc(F)cc2)nnc1SCC(=O)NC1CCCC1. The Bertz CT molecular complexity index is 714. The van der Waals surface area contributed by atoms with Crippen LogP contribution in [0.5, 0.6) is 5.75 Å². The molecule has 1 fully saturated rings. The summed E-state index contributed by atoms with van der Waals surface area (Å²) in [7, 11) is 1.83. The first-order valence-electron chi connectivity index (χ1n) is 8.30. The van der Waals surface area contributed by atoms with E-state index in [4.69, 9.17) is 4.74 Å². The van der Waals surface area contributed by atoms with Crippen LogP contribution in [-0.2, 0) is 18.4 Å². The summed E-state index contributed by atoms with van der Waals surface area (Å²) in [4.78, 5) is 12.0. The summed E-state index contributed by atoms with van der Waals surface area (Å²) in [6.45, 7) is 0.226. The Kier molecular flexibility index (Phi) is 5.91. The summed E-state index contributed by atoms with van der Waals surface area (Å²) in [5.41, 5.74) is 0. The number of carbonyl (C=O) groups excluding carboxylic acids is 1. The fraction of sp³-hybridized carbons (Fsp3) is 0.471. The molecule has 1 amide bonds. The monoisotopic (exact) mass is 364 g/mol. The van der Waals surface area contributed by atoms with Crippen LogP contribution >= 0.6 is 11.8 Å². The summed E-state index contributed by atoms with van der Waals surface area (Å²) in [6.07, 6.45) is 4.54. The number of aromatic nitrogens is 3. The van der Waals surface area contributed by atoms with Gasteiger partial charge in [-0.15, -0.1) is 10.2 Å². The molecule has 1 aromatic heterocycles. The van der Waals surface area contributed by atoms with Crippen LogP contribution < -0.4 is 10.1 Å². The minimum Gasteiger partial charge on any atom is -0.486 e. The van der Waals surface area contributed by atoms with Crippen LogP contribution in [0.4, 0.5) is 4.39 Å². The minimum atomic E-state index is -0.305. The number of halogens is 1. The van der Waals surface area contributed by atoms with E-state index in [1.54, 1.807) is 16.7 Å². The molecule has 134 valence electrons. The maximum Gasteiger partial charge on any atom is 0.230 e. The number of carbonyl (C=O) groups is 1. The van der Waals surface area contributed by atoms with Gasteiger partial charge in [-0.3, -0.25) is 4.79 Å². The third kappa shape index (κ3) is 4.94. The molecular formula is C17H21FN4O2S. The topological polar surface area (TPSA) is 69.0 Å². The van der Waals surface area contributed by atoms with Crippen LogP contribution in [0.25, 0.3) is 0 Å². The van der Waals surface area contributed by atoms with Crippen LogP contribution in [0.2, 0.25) is 0 Å². The highest BCUT2D eigenvalue weighted by atomic mass is 32.2. The molecule has 1 heterocycles. The minimum absolute atomic E-state index is 0.0315. The molecule has 3 rings (SSSR count). The van der Waals surface area contributed by atoms with Gasteiger partial charge >= 0.3 is 0 Å². The second-order valence-corrected chi connectivity index (χ2v) is 6.98. The molecule has 0 atom stereocenters. The highest BCUT2D eigenvalue weighted by Crippen LogP contribution is 2.20. The molecule has 1 aromatic carbocycles. The molecule has 0 unspecified atom stereocenters. The molecule has 1 aliphatic rings. The first-order valence-corrected chi connectivity index (χ1v) is 9.29. The van der Waals surface area contributed by atoms with Gasteiger partial charge in [0.25, 0.3) is 0 Å². The van der Waals surface area contributed by atoms with E-state index in [9.17, 15) is 9.18 Å². The summed E-state index contributed by atoms with van der Waals surface area (Å²) >= 11 is 1.36. The maximum absolute atomic E-state index is 12.9. The van der Waals surface area contributed by atoms with Crippen molar-refractivity contribution in [2.75, 3.05) is 5.75 Å². The Morgan fingerprint density at radius 3 is 2.76 bits per heavy atom. The maximum atomic E-state index is 12.9. The Morgan fingerprint density at radius 2 is 2.04 bits per heavy atom. The molecule has 0 spiro atoms. The van der Waals surface area contributed by atoms with Gasteiger partial charge in [0, 0.05) is 13.1 Å². The van der Waals surface area contributed by atoms with Crippen LogP contribution in [0.1, 0.15) is 31.5 Å². The number of nitrogens with zero attached hydrogens (tertiary/aromatic N) is 3. The van der Waals surface area contributed by atoms with Gasteiger partial charge in [0.15, 0.2) is 11.0 Å². The second-order valence-electron chi connectivity index (χ2n) is 6.04. The molecule has 1 N–H and O–H groups in total. The van der Waals surface area contributed by atoms with Gasteiger partial charge in [0.1, 0.15) is 18.2 Å². The van der Waals surface area contributed by atoms with Gasteiger partial charge < -0.3 is 14.6 Å². The fourth-order valence-electron chi connectivity index (χ4n) is 2.74. The van der Waals surface area contributed by atoms with Crippen molar-refractivity contribution in [3.8, 4) is 5.75 Å². The van der Waals surface area contributed by atoms with Crippen LogP contribution in [0.3, 0.4) is 0 Å². The average Bonchev–Trinajstić information content (AvgIpc) is 3.23. The van der Waals surface area contributed by atoms with E-state index < -0.39 is 0 Å². The summed E-state index contributed by atoms with van der Waals surface area (Å²) in [5, 5.41) is 11.9. The molecule has 0 radical (unpaired) electrons. The standard InChI is InChI=1S/C17H21FN4O2S/c1-22-15(10-24-14-8-6-12(18)7-9-14)20-21-17(22)25-11-16(23)19-13-4-2-3-5-13/h6-9,13H,2-5,10-11H2,1H3,(H,19,23). The van der Waals surface area contributed by atoms with E-state index in [0.29, 0.717) is 28.5 Å². The number of nitrogens with one attached hydrogen (secondary N) is 1. The molecule has 0 saturated heterocycles. The van der Waals surface area contributed by atoms with E-state index in [0.717, 1.165) is 12.8 Å². The molecule has 8 heteroatoms. The molecule has 2 aromatic rings. The van der Waals surface area contributed by atoms with Crippen molar-refractivity contribution in [2.45, 2.75) is 43.5 Å². The molecule has 0 bridgehead atoms. The summed E-state index contributed by atoms with van der Waals surface area (Å²) < 4.78 is 20.3. The normalized spacial score (nSPS) is 14.6. The summed E-state index contributed by atoms with van der Waals surface area (Å²) in [6, 6.07) is 6.14. The smallest absolute Gasteiger partial charge is 0.230 e. The van der Waals surface area contributed by atoms with Gasteiger partial charge in [0.2, 0.25) is 5.91 Å². The summed E-state index contributed by atoms with van der Waals surface area (Å²) in [5.74, 6) is 1.25. The van der Waals surface area contributed by atoms with Crippen molar-refractivity contribution in [3.63, 3.8) is 0 Å². The van der Waals surface area contributed by atoms with Crippen molar-refractivity contribution >= 4 is 17.7 Å². The lowest BCUT2D eigenvalue weighted by molar-refractivity contribution is -0.119. The van der Waals surface area contributed by atoms with Crippen LogP contribution in [0.15, 0.2) is 29.4 Å². The third-order valence-corrected chi connectivity index (χ3v) is 5.18. The van der Waals surface area contributed by atoms with E-state index in [1.165, 1.54) is 36.7 Å². The third-order valence-electron chi connectivity index (χ3n) is 4.16. The predicted octanol–water partition coefficient (Wildman–Crippen LogP) is 2.68. The van der Waals surface area contributed by atoms with Gasteiger partial charge in [-0.1, -0.05) is 24.6 Å². The van der Waals surface area contributed by atoms with Crippen molar-refractivity contribution in [2.24, 2.45) is 7.05 Å². The number of benzene rings is 1. The lowest BCUT2D eigenvalue weighted by Gasteiger charge is -2.11. The zero-order chi connectivity index (χ0) is 17.6. The number of hydrogen-bond acceptors (Lipinski definition) is 5. The molecule has 25 heavy (non-hydrogen) atoms.